The Morgan fingerprint density at radius 1 is 1.82 bits per heavy atom. The van der Waals surface area contributed by atoms with Crippen molar-refractivity contribution in [1.82, 2.24) is 4.90 Å². The minimum absolute atomic E-state index is 0.0440. The average Bonchev–Trinajstić information content (AvgIpc) is 2.02. The molecule has 0 fully saturated rings. The van der Waals surface area contributed by atoms with Crippen molar-refractivity contribution in [3.63, 3.8) is 0 Å². The molecule has 0 aromatic heterocycles. The average molecular weight is 173 g/mol. The molecule has 1 unspecified atom stereocenters. The molecule has 0 saturated carbocycles. The van der Waals surface area contributed by atoms with Crippen molar-refractivity contribution in [3.05, 3.63) is 12.7 Å². The zero-order chi connectivity index (χ0) is 8.85. The first-order chi connectivity index (χ1) is 5.11. The van der Waals surface area contributed by atoms with Crippen LogP contribution in [0, 0.1) is 0 Å². The maximum absolute atomic E-state index is 10.9. The highest BCUT2D eigenvalue weighted by molar-refractivity contribution is 7.81. The molecule has 0 aliphatic carbocycles. The maximum atomic E-state index is 10.9. The molecule has 0 spiro atoms. The SMILES string of the molecule is C=CC(=O)N(C)CC(S)CC. The zero-order valence-electron chi connectivity index (χ0n) is 7.08. The summed E-state index contributed by atoms with van der Waals surface area (Å²) in [5.41, 5.74) is 0. The zero-order valence-corrected chi connectivity index (χ0v) is 7.97. The van der Waals surface area contributed by atoms with E-state index in [4.69, 9.17) is 0 Å². The van der Waals surface area contributed by atoms with Gasteiger partial charge >= 0.3 is 0 Å². The Labute approximate surface area is 73.7 Å². The minimum Gasteiger partial charge on any atom is -0.341 e. The van der Waals surface area contributed by atoms with Gasteiger partial charge in [-0.05, 0) is 12.5 Å². The van der Waals surface area contributed by atoms with Crippen molar-refractivity contribution in [2.24, 2.45) is 0 Å². The first-order valence-corrected chi connectivity index (χ1v) is 4.19. The summed E-state index contributed by atoms with van der Waals surface area (Å²) in [5, 5.41) is 0.267. The van der Waals surface area contributed by atoms with E-state index in [1.165, 1.54) is 6.08 Å². The molecule has 0 aliphatic heterocycles. The second kappa shape index (κ2) is 5.24. The predicted molar refractivity (Wildman–Crippen MR) is 50.9 cm³/mol. The van der Waals surface area contributed by atoms with E-state index in [-0.39, 0.29) is 11.2 Å². The lowest BCUT2D eigenvalue weighted by Gasteiger charge is -2.18. The van der Waals surface area contributed by atoms with E-state index in [1.807, 2.05) is 6.92 Å². The molecule has 0 N–H and O–H groups in total. The number of hydrogen-bond donors (Lipinski definition) is 1. The van der Waals surface area contributed by atoms with Crippen molar-refractivity contribution in [1.29, 1.82) is 0 Å². The van der Waals surface area contributed by atoms with Crippen LogP contribution in [0.1, 0.15) is 13.3 Å². The fourth-order valence-corrected chi connectivity index (χ4v) is 0.936. The molecule has 0 bridgehead atoms. The molecule has 64 valence electrons. The fraction of sp³-hybridized carbons (Fsp3) is 0.625. The third kappa shape index (κ3) is 4.09. The summed E-state index contributed by atoms with van der Waals surface area (Å²) >= 11 is 4.27. The number of rotatable bonds is 4. The van der Waals surface area contributed by atoms with Crippen LogP contribution in [-0.2, 0) is 4.79 Å². The van der Waals surface area contributed by atoms with Crippen molar-refractivity contribution in [2.45, 2.75) is 18.6 Å². The molecule has 0 saturated heterocycles. The number of amides is 1. The maximum Gasteiger partial charge on any atom is 0.245 e. The molecule has 0 rings (SSSR count). The molecule has 1 amide bonds. The van der Waals surface area contributed by atoms with Gasteiger partial charge in [0.25, 0.3) is 0 Å². The standard InChI is InChI=1S/C8H15NOS/c1-4-7(11)6-9(3)8(10)5-2/h5,7,11H,2,4,6H2,1,3H3. The molecule has 11 heavy (non-hydrogen) atoms. The fourth-order valence-electron chi connectivity index (χ4n) is 0.691. The number of thiol groups is 1. The number of carbonyl (C=O) groups excluding carboxylic acids is 1. The summed E-state index contributed by atoms with van der Waals surface area (Å²) in [6.07, 6.45) is 2.29. The Morgan fingerprint density at radius 3 is 2.73 bits per heavy atom. The molecule has 0 radical (unpaired) electrons. The van der Waals surface area contributed by atoms with Gasteiger partial charge in [0.1, 0.15) is 0 Å². The van der Waals surface area contributed by atoms with Crippen LogP contribution < -0.4 is 0 Å². The summed E-state index contributed by atoms with van der Waals surface area (Å²) in [6.45, 7) is 6.13. The highest BCUT2D eigenvalue weighted by Gasteiger charge is 2.07. The van der Waals surface area contributed by atoms with Crippen LogP contribution in [0.15, 0.2) is 12.7 Å². The molecular formula is C8H15NOS. The number of carbonyl (C=O) groups is 1. The predicted octanol–water partition coefficient (Wildman–Crippen LogP) is 1.34. The van der Waals surface area contributed by atoms with Gasteiger partial charge < -0.3 is 4.90 Å². The van der Waals surface area contributed by atoms with E-state index in [2.05, 4.69) is 19.2 Å². The third-order valence-electron chi connectivity index (χ3n) is 1.51. The molecule has 0 heterocycles. The highest BCUT2D eigenvalue weighted by Crippen LogP contribution is 2.02. The number of hydrogen-bond acceptors (Lipinski definition) is 2. The van der Waals surface area contributed by atoms with E-state index in [0.29, 0.717) is 6.54 Å². The lowest BCUT2D eigenvalue weighted by atomic mass is 10.3. The van der Waals surface area contributed by atoms with Crippen LogP contribution in [-0.4, -0.2) is 29.6 Å². The molecule has 0 aliphatic rings. The monoisotopic (exact) mass is 173 g/mol. The van der Waals surface area contributed by atoms with Crippen molar-refractivity contribution < 1.29 is 4.79 Å². The Bertz CT molecular complexity index is 147. The van der Waals surface area contributed by atoms with E-state index in [0.717, 1.165) is 6.42 Å². The van der Waals surface area contributed by atoms with Crippen LogP contribution in [0.3, 0.4) is 0 Å². The molecule has 1 atom stereocenters. The van der Waals surface area contributed by atoms with E-state index < -0.39 is 0 Å². The van der Waals surface area contributed by atoms with Gasteiger partial charge in [-0.15, -0.1) is 0 Å². The molecule has 3 heteroatoms. The minimum atomic E-state index is -0.0440. The summed E-state index contributed by atoms with van der Waals surface area (Å²) in [4.78, 5) is 12.6. The Kier molecular flexibility index (Phi) is 5.03. The summed E-state index contributed by atoms with van der Waals surface area (Å²) < 4.78 is 0. The number of nitrogens with zero attached hydrogens (tertiary/aromatic N) is 1. The third-order valence-corrected chi connectivity index (χ3v) is 2.04. The van der Waals surface area contributed by atoms with Gasteiger partial charge in [-0.3, -0.25) is 4.79 Å². The number of likely N-dealkylation sites (N-methyl/N-ethyl adjacent to an activating group) is 1. The topological polar surface area (TPSA) is 20.3 Å². The van der Waals surface area contributed by atoms with Gasteiger partial charge in [0, 0.05) is 18.8 Å². The summed E-state index contributed by atoms with van der Waals surface area (Å²) in [5.74, 6) is -0.0440. The molecular weight excluding hydrogens is 158 g/mol. The van der Waals surface area contributed by atoms with Gasteiger partial charge in [0.15, 0.2) is 0 Å². The molecule has 0 aromatic rings. The lowest BCUT2D eigenvalue weighted by molar-refractivity contribution is -0.124. The Hall–Kier alpha value is -0.440. The largest absolute Gasteiger partial charge is 0.341 e. The van der Waals surface area contributed by atoms with Crippen LogP contribution in [0.2, 0.25) is 0 Å². The summed E-state index contributed by atoms with van der Waals surface area (Å²) in [7, 11) is 1.75. The van der Waals surface area contributed by atoms with Crippen LogP contribution in [0.25, 0.3) is 0 Å². The van der Waals surface area contributed by atoms with Gasteiger partial charge in [-0.25, -0.2) is 0 Å². The normalized spacial score (nSPS) is 12.3. The van der Waals surface area contributed by atoms with Gasteiger partial charge in [0.05, 0.1) is 0 Å². The Balaban J connectivity index is 3.76. The summed E-state index contributed by atoms with van der Waals surface area (Å²) in [6, 6.07) is 0. The van der Waals surface area contributed by atoms with Gasteiger partial charge in [-0.1, -0.05) is 13.5 Å². The smallest absolute Gasteiger partial charge is 0.245 e. The second-order valence-electron chi connectivity index (χ2n) is 2.48. The van der Waals surface area contributed by atoms with Gasteiger partial charge in [-0.2, -0.15) is 12.6 Å². The van der Waals surface area contributed by atoms with E-state index >= 15 is 0 Å². The van der Waals surface area contributed by atoms with E-state index in [9.17, 15) is 4.79 Å². The molecule has 2 nitrogen and oxygen atoms in total. The quantitative estimate of drug-likeness (QED) is 0.502. The first-order valence-electron chi connectivity index (χ1n) is 3.67. The first kappa shape index (κ1) is 10.6. The second-order valence-corrected chi connectivity index (χ2v) is 3.22. The Morgan fingerprint density at radius 2 is 2.36 bits per heavy atom. The van der Waals surface area contributed by atoms with Crippen molar-refractivity contribution >= 4 is 18.5 Å². The van der Waals surface area contributed by atoms with Gasteiger partial charge in [0.2, 0.25) is 5.91 Å². The van der Waals surface area contributed by atoms with E-state index in [1.54, 1.807) is 11.9 Å². The van der Waals surface area contributed by atoms with Crippen LogP contribution >= 0.6 is 12.6 Å². The van der Waals surface area contributed by atoms with Crippen LogP contribution in [0.4, 0.5) is 0 Å². The molecule has 0 aromatic carbocycles. The van der Waals surface area contributed by atoms with Crippen LogP contribution in [0.5, 0.6) is 0 Å². The highest BCUT2D eigenvalue weighted by atomic mass is 32.1. The lowest BCUT2D eigenvalue weighted by Crippen LogP contribution is -2.30. The van der Waals surface area contributed by atoms with Crippen molar-refractivity contribution in [2.75, 3.05) is 13.6 Å². The van der Waals surface area contributed by atoms with Crippen molar-refractivity contribution in [3.8, 4) is 0 Å².